The number of unbranched alkanes of at least 4 members (excludes halogenated alkanes) is 8. The number of terminal acetylenes is 1. The maximum Gasteiger partial charge on any atom is 0.126 e. The lowest BCUT2D eigenvalue weighted by Gasteiger charge is -1.99. The molecule has 0 saturated heterocycles. The van der Waals surface area contributed by atoms with Gasteiger partial charge in [-0.15, -0.1) is 12.3 Å². The van der Waals surface area contributed by atoms with Crippen LogP contribution in [0.25, 0.3) is 6.08 Å². The average molecular weight is 244 g/mol. The van der Waals surface area contributed by atoms with E-state index >= 15 is 0 Å². The minimum Gasteiger partial charge on any atom is -0.465 e. The molecule has 1 rings (SSSR count). The van der Waals surface area contributed by atoms with E-state index in [1.165, 1.54) is 44.9 Å². The zero-order valence-electron chi connectivity index (χ0n) is 11.2. The van der Waals surface area contributed by atoms with E-state index in [-0.39, 0.29) is 0 Å². The van der Waals surface area contributed by atoms with E-state index in [9.17, 15) is 0 Å². The molecule has 0 fully saturated rings. The Labute approximate surface area is 111 Å². The van der Waals surface area contributed by atoms with Crippen LogP contribution in [-0.2, 0) is 0 Å². The monoisotopic (exact) mass is 244 g/mol. The summed E-state index contributed by atoms with van der Waals surface area (Å²) in [5.74, 6) is 3.64. The van der Waals surface area contributed by atoms with E-state index in [0.717, 1.165) is 18.6 Å². The van der Waals surface area contributed by atoms with Gasteiger partial charge in [0.15, 0.2) is 0 Å². The predicted octanol–water partition coefficient (Wildman–Crippen LogP) is 5.44. The third kappa shape index (κ3) is 7.79. The molecule has 1 heterocycles. The molecule has 0 aliphatic rings. The van der Waals surface area contributed by atoms with Gasteiger partial charge in [-0.25, -0.2) is 0 Å². The van der Waals surface area contributed by atoms with Crippen LogP contribution in [0, 0.1) is 12.3 Å². The Bertz CT molecular complexity index is 340. The normalized spacial score (nSPS) is 10.8. The molecule has 98 valence electrons. The Morgan fingerprint density at radius 3 is 2.44 bits per heavy atom. The lowest BCUT2D eigenvalue weighted by Crippen LogP contribution is -1.80. The number of rotatable bonds is 10. The summed E-state index contributed by atoms with van der Waals surface area (Å²) in [5.41, 5.74) is 0. The van der Waals surface area contributed by atoms with Crippen LogP contribution < -0.4 is 0 Å². The number of furan rings is 1. The highest BCUT2D eigenvalue weighted by molar-refractivity contribution is 5.41. The van der Waals surface area contributed by atoms with Crippen molar-refractivity contribution >= 4 is 6.08 Å². The average Bonchev–Trinajstić information content (AvgIpc) is 2.89. The van der Waals surface area contributed by atoms with E-state index < -0.39 is 0 Å². The molecule has 0 aliphatic heterocycles. The van der Waals surface area contributed by atoms with Crippen LogP contribution in [0.3, 0.4) is 0 Å². The van der Waals surface area contributed by atoms with Crippen LogP contribution in [0.15, 0.2) is 28.9 Å². The van der Waals surface area contributed by atoms with Crippen LogP contribution in [0.2, 0.25) is 0 Å². The Kier molecular flexibility index (Phi) is 8.72. The highest BCUT2D eigenvalue weighted by Gasteiger charge is 1.91. The second kappa shape index (κ2) is 10.7. The summed E-state index contributed by atoms with van der Waals surface area (Å²) < 4.78 is 5.22. The standard InChI is InChI=1S/C17H24O/c1-2-3-4-5-6-7-8-9-10-11-12-14-17-15-13-16-18-17/h1,12-16H,3-11H2. The Balaban J connectivity index is 1.83. The number of hydrogen-bond donors (Lipinski definition) is 0. The molecule has 1 nitrogen and oxygen atoms in total. The highest BCUT2D eigenvalue weighted by Crippen LogP contribution is 2.10. The molecular weight excluding hydrogens is 220 g/mol. The van der Waals surface area contributed by atoms with Gasteiger partial charge < -0.3 is 4.42 Å². The maximum absolute atomic E-state index is 5.22. The second-order valence-corrected chi connectivity index (χ2v) is 4.64. The van der Waals surface area contributed by atoms with Crippen molar-refractivity contribution in [3.05, 3.63) is 30.2 Å². The van der Waals surface area contributed by atoms with Crippen molar-refractivity contribution in [1.29, 1.82) is 0 Å². The summed E-state index contributed by atoms with van der Waals surface area (Å²) in [6.07, 6.45) is 22.4. The van der Waals surface area contributed by atoms with Crippen molar-refractivity contribution in [2.24, 2.45) is 0 Å². The van der Waals surface area contributed by atoms with E-state index in [1.54, 1.807) is 6.26 Å². The van der Waals surface area contributed by atoms with E-state index in [2.05, 4.69) is 18.1 Å². The van der Waals surface area contributed by atoms with Crippen molar-refractivity contribution in [3.63, 3.8) is 0 Å². The smallest absolute Gasteiger partial charge is 0.126 e. The highest BCUT2D eigenvalue weighted by atomic mass is 16.3. The molecular formula is C17H24O. The first-order valence-corrected chi connectivity index (χ1v) is 7.07. The molecule has 0 amide bonds. The Morgan fingerprint density at radius 2 is 1.78 bits per heavy atom. The lowest BCUT2D eigenvalue weighted by atomic mass is 10.1. The van der Waals surface area contributed by atoms with Gasteiger partial charge in [0, 0.05) is 6.42 Å². The summed E-state index contributed by atoms with van der Waals surface area (Å²) in [6.45, 7) is 0. The first kappa shape index (κ1) is 14.6. The molecule has 0 atom stereocenters. The van der Waals surface area contributed by atoms with Crippen LogP contribution in [0.4, 0.5) is 0 Å². The van der Waals surface area contributed by atoms with Gasteiger partial charge in [0.1, 0.15) is 5.76 Å². The fourth-order valence-corrected chi connectivity index (χ4v) is 1.96. The third-order valence-corrected chi connectivity index (χ3v) is 3.02. The van der Waals surface area contributed by atoms with Gasteiger partial charge in [-0.2, -0.15) is 0 Å². The molecule has 0 unspecified atom stereocenters. The molecule has 0 bridgehead atoms. The largest absolute Gasteiger partial charge is 0.465 e. The SMILES string of the molecule is C#CCCCCCCCCCC=Cc1ccco1. The van der Waals surface area contributed by atoms with Crippen LogP contribution >= 0.6 is 0 Å². The van der Waals surface area contributed by atoms with Crippen LogP contribution in [0.1, 0.15) is 63.5 Å². The summed E-state index contributed by atoms with van der Waals surface area (Å²) in [4.78, 5) is 0. The van der Waals surface area contributed by atoms with E-state index in [1.807, 2.05) is 12.1 Å². The topological polar surface area (TPSA) is 13.1 Å². The minimum atomic E-state index is 0.942. The molecule has 0 aromatic carbocycles. The van der Waals surface area contributed by atoms with Gasteiger partial charge in [0.25, 0.3) is 0 Å². The predicted molar refractivity (Wildman–Crippen MR) is 78.1 cm³/mol. The summed E-state index contributed by atoms with van der Waals surface area (Å²) in [6, 6.07) is 3.90. The summed E-state index contributed by atoms with van der Waals surface area (Å²) >= 11 is 0. The van der Waals surface area contributed by atoms with Gasteiger partial charge in [-0.05, 0) is 37.5 Å². The third-order valence-electron chi connectivity index (χ3n) is 3.02. The van der Waals surface area contributed by atoms with Crippen molar-refractivity contribution < 1.29 is 4.42 Å². The Hall–Kier alpha value is -1.42. The van der Waals surface area contributed by atoms with Gasteiger partial charge >= 0.3 is 0 Å². The maximum atomic E-state index is 5.22. The zero-order valence-corrected chi connectivity index (χ0v) is 11.2. The first-order valence-electron chi connectivity index (χ1n) is 7.07. The quantitative estimate of drug-likeness (QED) is 0.395. The lowest BCUT2D eigenvalue weighted by molar-refractivity contribution is 0.556. The molecule has 0 saturated carbocycles. The molecule has 0 radical (unpaired) electrons. The molecule has 0 aliphatic carbocycles. The zero-order chi connectivity index (χ0) is 12.9. The molecule has 1 aromatic heterocycles. The summed E-state index contributed by atoms with van der Waals surface area (Å²) in [7, 11) is 0. The fraction of sp³-hybridized carbons (Fsp3) is 0.529. The summed E-state index contributed by atoms with van der Waals surface area (Å²) in [5, 5.41) is 0. The second-order valence-electron chi connectivity index (χ2n) is 4.64. The minimum absolute atomic E-state index is 0.942. The van der Waals surface area contributed by atoms with Gasteiger partial charge in [-0.1, -0.05) is 38.2 Å². The van der Waals surface area contributed by atoms with Gasteiger partial charge in [-0.3, -0.25) is 0 Å². The molecule has 1 aromatic rings. The van der Waals surface area contributed by atoms with Gasteiger partial charge in [0.2, 0.25) is 0 Å². The molecule has 0 spiro atoms. The molecule has 0 N–H and O–H groups in total. The van der Waals surface area contributed by atoms with E-state index in [4.69, 9.17) is 10.8 Å². The molecule has 18 heavy (non-hydrogen) atoms. The van der Waals surface area contributed by atoms with Crippen molar-refractivity contribution in [3.8, 4) is 12.3 Å². The number of hydrogen-bond acceptors (Lipinski definition) is 1. The van der Waals surface area contributed by atoms with Crippen molar-refractivity contribution in [1.82, 2.24) is 0 Å². The van der Waals surface area contributed by atoms with Crippen molar-refractivity contribution in [2.75, 3.05) is 0 Å². The Morgan fingerprint density at radius 1 is 1.06 bits per heavy atom. The van der Waals surface area contributed by atoms with Crippen LogP contribution in [-0.4, -0.2) is 0 Å². The fourth-order valence-electron chi connectivity index (χ4n) is 1.96. The van der Waals surface area contributed by atoms with E-state index in [0.29, 0.717) is 0 Å². The van der Waals surface area contributed by atoms with Crippen LogP contribution in [0.5, 0.6) is 0 Å². The first-order chi connectivity index (χ1) is 8.93. The van der Waals surface area contributed by atoms with Crippen molar-refractivity contribution in [2.45, 2.75) is 57.8 Å². The molecule has 1 heteroatoms. The van der Waals surface area contributed by atoms with Gasteiger partial charge in [0.05, 0.1) is 6.26 Å². The number of allylic oxidation sites excluding steroid dienone is 1.